The van der Waals surface area contributed by atoms with Gasteiger partial charge in [0.25, 0.3) is 0 Å². The van der Waals surface area contributed by atoms with Gasteiger partial charge in [0.05, 0.1) is 72.7 Å². The van der Waals surface area contributed by atoms with Crippen molar-refractivity contribution in [2.45, 2.75) is 44.9 Å². The summed E-state index contributed by atoms with van der Waals surface area (Å²) in [6.07, 6.45) is 5.91. The van der Waals surface area contributed by atoms with E-state index < -0.39 is 0 Å². The van der Waals surface area contributed by atoms with Crippen LogP contribution in [0.1, 0.15) is 56.1 Å². The van der Waals surface area contributed by atoms with Gasteiger partial charge in [0.15, 0.2) is 0 Å². The van der Waals surface area contributed by atoms with Gasteiger partial charge in [-0.3, -0.25) is 0 Å². The minimum Gasteiger partial charge on any atom is -0.448 e. The molecule has 0 bridgehead atoms. The maximum atomic E-state index is 12.6. The Balaban J connectivity index is 1.06. The largest absolute Gasteiger partial charge is 0.448 e. The fraction of sp³-hybridized carbons (Fsp3) is 0.629. The van der Waals surface area contributed by atoms with E-state index in [1.165, 1.54) is 47.9 Å². The van der Waals surface area contributed by atoms with Crippen molar-refractivity contribution >= 4 is 6.09 Å². The monoisotopic (exact) mass is 615 g/mol. The smallest absolute Gasteiger partial charge is 0.409 e. The lowest BCUT2D eigenvalue weighted by Crippen LogP contribution is -2.32. The number of hydrogen-bond donors (Lipinski definition) is 0. The Morgan fingerprint density at radius 3 is 1.52 bits per heavy atom. The highest BCUT2D eigenvalue weighted by Gasteiger charge is 2.29. The minimum atomic E-state index is -0.353. The van der Waals surface area contributed by atoms with Gasteiger partial charge >= 0.3 is 6.09 Å². The van der Waals surface area contributed by atoms with Gasteiger partial charge in [0.1, 0.15) is 6.61 Å². The summed E-state index contributed by atoms with van der Waals surface area (Å²) in [6.45, 7) is 9.50. The second-order valence-corrected chi connectivity index (χ2v) is 10.8. The van der Waals surface area contributed by atoms with Crippen LogP contribution in [-0.4, -0.2) is 110 Å². The van der Waals surface area contributed by atoms with Crippen LogP contribution in [0.3, 0.4) is 0 Å². The van der Waals surface area contributed by atoms with E-state index in [2.05, 4.69) is 31.2 Å². The molecule has 0 heterocycles. The number of benzene rings is 2. The zero-order valence-corrected chi connectivity index (χ0v) is 26.8. The molecule has 0 saturated heterocycles. The molecule has 1 aliphatic carbocycles. The van der Waals surface area contributed by atoms with Gasteiger partial charge in [-0.25, -0.2) is 4.79 Å². The zero-order valence-electron chi connectivity index (χ0n) is 26.8. The molecule has 9 heteroatoms. The maximum Gasteiger partial charge on any atom is 0.409 e. The van der Waals surface area contributed by atoms with Crippen LogP contribution in [0.4, 0.5) is 4.79 Å². The first-order valence-electron chi connectivity index (χ1n) is 16.2. The van der Waals surface area contributed by atoms with Crippen LogP contribution in [0.5, 0.6) is 0 Å². The molecule has 0 radical (unpaired) electrons. The van der Waals surface area contributed by atoms with Gasteiger partial charge in [-0.1, -0.05) is 81.1 Å². The van der Waals surface area contributed by atoms with E-state index in [1.807, 2.05) is 24.3 Å². The first-order chi connectivity index (χ1) is 21.7. The number of unbranched alkanes of at least 4 members (excludes halogenated alkanes) is 4. The Morgan fingerprint density at radius 2 is 1.02 bits per heavy atom. The molecule has 9 nitrogen and oxygen atoms in total. The third-order valence-electron chi connectivity index (χ3n) is 7.47. The fourth-order valence-electron chi connectivity index (χ4n) is 5.01. The molecule has 0 unspecified atom stereocenters. The van der Waals surface area contributed by atoms with Gasteiger partial charge in [0.2, 0.25) is 0 Å². The van der Waals surface area contributed by atoms with Crippen LogP contribution in [0.2, 0.25) is 0 Å². The predicted molar refractivity (Wildman–Crippen MR) is 171 cm³/mol. The van der Waals surface area contributed by atoms with Crippen molar-refractivity contribution in [1.29, 1.82) is 0 Å². The molecular weight excluding hydrogens is 562 g/mol. The highest BCUT2D eigenvalue weighted by molar-refractivity contribution is 5.79. The summed E-state index contributed by atoms with van der Waals surface area (Å²) in [5, 5.41) is 0. The van der Waals surface area contributed by atoms with Gasteiger partial charge in [0, 0.05) is 26.1 Å². The standard InChI is InChI=1S/C35H53NO8/c1-3-4-5-6-11-17-38-19-21-40-23-25-42-27-28-43-26-24-41-22-20-39-18-16-36(2)35(37)44-29-34-32-14-9-7-12-30(32)31-13-8-10-15-33(31)34/h7-10,12-15,34H,3-6,11,16-29H2,1-2H3. The highest BCUT2D eigenvalue weighted by atomic mass is 16.6. The number of fused-ring (bicyclic) bond motifs is 3. The Bertz CT molecular complexity index is 990. The second kappa shape index (κ2) is 22.9. The predicted octanol–water partition coefficient (Wildman–Crippen LogP) is 5.94. The number of carbonyl (C=O) groups is 1. The first-order valence-corrected chi connectivity index (χ1v) is 16.2. The van der Waals surface area contributed by atoms with Crippen LogP contribution in [-0.2, 0) is 33.2 Å². The second-order valence-electron chi connectivity index (χ2n) is 10.8. The molecule has 2 aromatic rings. The average Bonchev–Trinajstić information content (AvgIpc) is 3.37. The summed E-state index contributed by atoms with van der Waals surface area (Å²) in [6, 6.07) is 16.6. The van der Waals surface area contributed by atoms with E-state index >= 15 is 0 Å². The summed E-state index contributed by atoms with van der Waals surface area (Å²) < 4.78 is 38.9. The molecule has 1 amide bonds. The molecule has 0 fully saturated rings. The van der Waals surface area contributed by atoms with E-state index in [0.29, 0.717) is 85.8 Å². The number of ether oxygens (including phenoxy) is 7. The van der Waals surface area contributed by atoms with E-state index in [4.69, 9.17) is 33.2 Å². The van der Waals surface area contributed by atoms with Crippen molar-refractivity contribution < 1.29 is 38.0 Å². The third-order valence-corrected chi connectivity index (χ3v) is 7.47. The highest BCUT2D eigenvalue weighted by Crippen LogP contribution is 2.44. The molecule has 1 aliphatic rings. The Labute approximate surface area is 264 Å². The zero-order chi connectivity index (χ0) is 31.1. The van der Waals surface area contributed by atoms with Crippen LogP contribution < -0.4 is 0 Å². The van der Waals surface area contributed by atoms with Gasteiger partial charge in [-0.15, -0.1) is 0 Å². The number of carbonyl (C=O) groups excluding carboxylic acids is 1. The SMILES string of the molecule is CCCCCCCOCCOCCOCCOCCOCCOCCN(C)C(=O)OCC1c2ccccc2-c2ccccc21. The number of amides is 1. The summed E-state index contributed by atoms with van der Waals surface area (Å²) in [4.78, 5) is 14.1. The molecule has 3 rings (SSSR count). The number of likely N-dealkylation sites (N-methyl/N-ethyl adjacent to an activating group) is 1. The van der Waals surface area contributed by atoms with E-state index in [1.54, 1.807) is 11.9 Å². The lowest BCUT2D eigenvalue weighted by molar-refractivity contribution is -0.0174. The van der Waals surface area contributed by atoms with Gasteiger partial charge < -0.3 is 38.1 Å². The number of rotatable bonds is 26. The van der Waals surface area contributed by atoms with E-state index in [9.17, 15) is 4.79 Å². The van der Waals surface area contributed by atoms with Crippen molar-refractivity contribution in [2.75, 3.05) is 99.5 Å². The Kier molecular flexibility index (Phi) is 18.7. The molecule has 0 saturated carbocycles. The molecule has 44 heavy (non-hydrogen) atoms. The van der Waals surface area contributed by atoms with Gasteiger partial charge in [-0.05, 0) is 28.7 Å². The topological polar surface area (TPSA) is 84.9 Å². The molecular formula is C35H53NO8. The average molecular weight is 616 g/mol. The van der Waals surface area contributed by atoms with E-state index in [0.717, 1.165) is 13.0 Å². The van der Waals surface area contributed by atoms with Crippen LogP contribution >= 0.6 is 0 Å². The lowest BCUT2D eigenvalue weighted by atomic mass is 9.98. The Hall–Kier alpha value is -2.53. The van der Waals surface area contributed by atoms with Crippen molar-refractivity contribution in [3.63, 3.8) is 0 Å². The normalized spacial score (nSPS) is 12.3. The quantitative estimate of drug-likeness (QED) is 0.120. The fourth-order valence-corrected chi connectivity index (χ4v) is 5.01. The third kappa shape index (κ3) is 13.6. The van der Waals surface area contributed by atoms with E-state index in [-0.39, 0.29) is 12.0 Å². The number of nitrogens with zero attached hydrogens (tertiary/aromatic N) is 1. The summed E-state index contributed by atoms with van der Waals surface area (Å²) in [7, 11) is 1.72. The molecule has 0 spiro atoms. The molecule has 2 aromatic carbocycles. The van der Waals surface area contributed by atoms with Crippen LogP contribution in [0.15, 0.2) is 48.5 Å². The van der Waals surface area contributed by atoms with Crippen molar-refractivity contribution in [3.8, 4) is 11.1 Å². The van der Waals surface area contributed by atoms with Crippen molar-refractivity contribution in [1.82, 2.24) is 4.90 Å². The minimum absolute atomic E-state index is 0.0504. The van der Waals surface area contributed by atoms with Crippen molar-refractivity contribution in [2.24, 2.45) is 0 Å². The number of hydrogen-bond acceptors (Lipinski definition) is 8. The molecule has 246 valence electrons. The summed E-state index contributed by atoms with van der Waals surface area (Å²) in [5.74, 6) is 0.0504. The van der Waals surface area contributed by atoms with Gasteiger partial charge in [-0.2, -0.15) is 0 Å². The first kappa shape index (κ1) is 35.9. The summed E-state index contributed by atoms with van der Waals surface area (Å²) in [5.41, 5.74) is 4.83. The Morgan fingerprint density at radius 1 is 0.591 bits per heavy atom. The summed E-state index contributed by atoms with van der Waals surface area (Å²) >= 11 is 0. The molecule has 0 aliphatic heterocycles. The van der Waals surface area contributed by atoms with Crippen LogP contribution in [0.25, 0.3) is 11.1 Å². The molecule has 0 aromatic heterocycles. The lowest BCUT2D eigenvalue weighted by Gasteiger charge is -2.19. The van der Waals surface area contributed by atoms with Crippen molar-refractivity contribution in [3.05, 3.63) is 59.7 Å². The molecule has 0 N–H and O–H groups in total. The molecule has 0 atom stereocenters. The van der Waals surface area contributed by atoms with Crippen LogP contribution in [0, 0.1) is 0 Å². The maximum absolute atomic E-state index is 12.6.